The van der Waals surface area contributed by atoms with E-state index in [4.69, 9.17) is 16.3 Å². The van der Waals surface area contributed by atoms with E-state index in [-0.39, 0.29) is 25.0 Å². The first-order valence-corrected chi connectivity index (χ1v) is 11.9. The van der Waals surface area contributed by atoms with Gasteiger partial charge in [-0.05, 0) is 42.2 Å². The van der Waals surface area contributed by atoms with Crippen LogP contribution in [-0.4, -0.2) is 23.3 Å². The molecule has 176 valence electrons. The van der Waals surface area contributed by atoms with Crippen LogP contribution in [0.25, 0.3) is 0 Å². The van der Waals surface area contributed by atoms with Gasteiger partial charge in [0.05, 0.1) is 0 Å². The number of fused-ring (bicyclic) bond motifs is 2. The van der Waals surface area contributed by atoms with Gasteiger partial charge < -0.3 is 15.0 Å². The molecule has 0 fully saturated rings. The Morgan fingerprint density at radius 3 is 2.53 bits per heavy atom. The van der Waals surface area contributed by atoms with Gasteiger partial charge >= 0.3 is 0 Å². The Hall–Kier alpha value is -3.31. The lowest BCUT2D eigenvalue weighted by atomic mass is 10.00. The summed E-state index contributed by atoms with van der Waals surface area (Å²) in [5.74, 6) is 0.612. The first-order chi connectivity index (χ1) is 16.4. The molecule has 0 bridgehead atoms. The summed E-state index contributed by atoms with van der Waals surface area (Å²) in [7, 11) is 0. The highest BCUT2D eigenvalue weighted by Gasteiger charge is 2.35. The summed E-state index contributed by atoms with van der Waals surface area (Å²) in [5, 5.41) is 3.67. The topological polar surface area (TPSA) is 58.6 Å². The van der Waals surface area contributed by atoms with Gasteiger partial charge in [-0.2, -0.15) is 0 Å². The van der Waals surface area contributed by atoms with E-state index < -0.39 is 6.04 Å². The number of carbonyl (C=O) groups excluding carboxylic acids is 2. The second-order valence-corrected chi connectivity index (χ2v) is 9.36. The van der Waals surface area contributed by atoms with Crippen molar-refractivity contribution in [1.29, 1.82) is 0 Å². The smallest absolute Gasteiger partial charge is 0.255 e. The molecule has 3 aromatic carbocycles. The highest BCUT2D eigenvalue weighted by atomic mass is 35.5. The Bertz CT molecular complexity index is 1160. The van der Waals surface area contributed by atoms with Crippen molar-refractivity contribution in [3.63, 3.8) is 0 Å². The van der Waals surface area contributed by atoms with Crippen molar-refractivity contribution in [3.8, 4) is 5.75 Å². The average Bonchev–Trinajstić information content (AvgIpc) is 2.88. The summed E-state index contributed by atoms with van der Waals surface area (Å²) in [6.07, 6.45) is 0.852. The van der Waals surface area contributed by atoms with E-state index in [1.807, 2.05) is 54.6 Å². The summed E-state index contributed by atoms with van der Waals surface area (Å²) in [5.41, 5.74) is 2.86. The van der Waals surface area contributed by atoms with Gasteiger partial charge in [0.1, 0.15) is 18.4 Å². The van der Waals surface area contributed by atoms with E-state index in [0.29, 0.717) is 34.4 Å². The first-order valence-electron chi connectivity index (χ1n) is 11.6. The SMILES string of the molecule is CC(C)CCNC(=O)C1c2ccccc2OCc2ccccc2C(=O)N1Cc1ccc(Cl)cc1. The van der Waals surface area contributed by atoms with Crippen LogP contribution in [0.3, 0.4) is 0 Å². The summed E-state index contributed by atoms with van der Waals surface area (Å²) < 4.78 is 6.14. The minimum Gasteiger partial charge on any atom is -0.489 e. The highest BCUT2D eigenvalue weighted by Crippen LogP contribution is 2.35. The quantitative estimate of drug-likeness (QED) is 0.490. The first kappa shape index (κ1) is 23.8. The lowest BCUT2D eigenvalue weighted by Gasteiger charge is -2.32. The molecule has 1 aliphatic heterocycles. The average molecular weight is 477 g/mol. The maximum atomic E-state index is 14.0. The lowest BCUT2D eigenvalue weighted by Crippen LogP contribution is -2.44. The molecule has 5 nitrogen and oxygen atoms in total. The van der Waals surface area contributed by atoms with Gasteiger partial charge in [0.2, 0.25) is 5.91 Å². The molecule has 1 N–H and O–H groups in total. The second-order valence-electron chi connectivity index (χ2n) is 8.92. The van der Waals surface area contributed by atoms with E-state index in [2.05, 4.69) is 19.2 Å². The summed E-state index contributed by atoms with van der Waals surface area (Å²) in [6.45, 7) is 5.26. The van der Waals surface area contributed by atoms with Crippen LogP contribution in [-0.2, 0) is 17.9 Å². The van der Waals surface area contributed by atoms with Crippen molar-refractivity contribution < 1.29 is 14.3 Å². The van der Waals surface area contributed by atoms with E-state index >= 15 is 0 Å². The highest BCUT2D eigenvalue weighted by molar-refractivity contribution is 6.30. The molecule has 3 aromatic rings. The van der Waals surface area contributed by atoms with E-state index in [0.717, 1.165) is 17.5 Å². The number of hydrogen-bond donors (Lipinski definition) is 1. The zero-order chi connectivity index (χ0) is 24.1. The Labute approximate surface area is 205 Å². The third-order valence-electron chi connectivity index (χ3n) is 5.95. The van der Waals surface area contributed by atoms with Crippen LogP contribution in [0.2, 0.25) is 5.02 Å². The van der Waals surface area contributed by atoms with Gasteiger partial charge in [-0.3, -0.25) is 9.59 Å². The fourth-order valence-corrected chi connectivity index (χ4v) is 4.23. The zero-order valence-corrected chi connectivity index (χ0v) is 20.2. The number of benzene rings is 3. The predicted octanol–water partition coefficient (Wildman–Crippen LogP) is 5.78. The number of para-hydroxylation sites is 1. The maximum Gasteiger partial charge on any atom is 0.255 e. The molecule has 2 amide bonds. The van der Waals surface area contributed by atoms with Gasteiger partial charge in [0.15, 0.2) is 0 Å². The zero-order valence-electron chi connectivity index (χ0n) is 19.5. The molecule has 0 aromatic heterocycles. The number of halogens is 1. The van der Waals surface area contributed by atoms with E-state index in [1.165, 1.54) is 0 Å². The number of rotatable bonds is 6. The molecule has 0 saturated heterocycles. The molecular formula is C28H29ClN2O3. The molecule has 1 unspecified atom stereocenters. The maximum absolute atomic E-state index is 14.0. The Morgan fingerprint density at radius 2 is 1.76 bits per heavy atom. The molecule has 0 saturated carbocycles. The monoisotopic (exact) mass is 476 g/mol. The van der Waals surface area contributed by atoms with Crippen LogP contribution in [0.4, 0.5) is 0 Å². The van der Waals surface area contributed by atoms with Crippen molar-refractivity contribution in [2.24, 2.45) is 5.92 Å². The van der Waals surface area contributed by atoms with Gasteiger partial charge in [-0.1, -0.05) is 74.0 Å². The Kier molecular flexibility index (Phi) is 7.53. The van der Waals surface area contributed by atoms with E-state index in [1.54, 1.807) is 23.1 Å². The number of amides is 2. The second kappa shape index (κ2) is 10.7. The molecule has 0 aliphatic carbocycles. The molecule has 6 heteroatoms. The molecule has 0 radical (unpaired) electrons. The van der Waals surface area contributed by atoms with Gasteiger partial charge in [-0.15, -0.1) is 0 Å². The number of nitrogens with one attached hydrogen (secondary N) is 1. The molecule has 0 spiro atoms. The predicted molar refractivity (Wildman–Crippen MR) is 134 cm³/mol. The van der Waals surface area contributed by atoms with Crippen LogP contribution in [0.5, 0.6) is 5.75 Å². The number of carbonyl (C=O) groups is 2. The van der Waals surface area contributed by atoms with E-state index in [9.17, 15) is 9.59 Å². The fourth-order valence-electron chi connectivity index (χ4n) is 4.10. The largest absolute Gasteiger partial charge is 0.489 e. The van der Waals surface area contributed by atoms with Gasteiger partial charge in [0, 0.05) is 34.8 Å². The fraction of sp³-hybridized carbons (Fsp3) is 0.286. The van der Waals surface area contributed by atoms with Crippen molar-refractivity contribution in [3.05, 3.63) is 100 Å². The number of hydrogen-bond acceptors (Lipinski definition) is 3. The molecule has 34 heavy (non-hydrogen) atoms. The minimum atomic E-state index is -0.849. The molecule has 4 rings (SSSR count). The van der Waals surface area contributed by atoms with Crippen LogP contribution < -0.4 is 10.1 Å². The molecule has 1 aliphatic rings. The number of ether oxygens (including phenoxy) is 1. The molecule has 1 heterocycles. The van der Waals surface area contributed by atoms with Crippen molar-refractivity contribution >= 4 is 23.4 Å². The summed E-state index contributed by atoms with van der Waals surface area (Å²) in [6, 6.07) is 21.3. The Balaban J connectivity index is 1.82. The van der Waals surface area contributed by atoms with Crippen molar-refractivity contribution in [2.75, 3.05) is 6.54 Å². The molecular weight excluding hydrogens is 448 g/mol. The third kappa shape index (κ3) is 5.42. The number of nitrogens with zero attached hydrogens (tertiary/aromatic N) is 1. The lowest BCUT2D eigenvalue weighted by molar-refractivity contribution is -0.126. The summed E-state index contributed by atoms with van der Waals surface area (Å²) >= 11 is 6.09. The standard InChI is InChI=1S/C28H29ClN2O3/c1-19(2)15-16-30-27(32)26-24-9-5-6-10-25(24)34-18-21-7-3-4-8-23(21)28(33)31(26)17-20-11-13-22(29)14-12-20/h3-14,19,26H,15-18H2,1-2H3,(H,30,32). The van der Waals surface area contributed by atoms with Gasteiger partial charge in [-0.25, -0.2) is 0 Å². The molecule has 1 atom stereocenters. The minimum absolute atomic E-state index is 0.213. The Morgan fingerprint density at radius 1 is 1.06 bits per heavy atom. The van der Waals surface area contributed by atoms with Crippen molar-refractivity contribution in [1.82, 2.24) is 10.2 Å². The normalized spacial score (nSPS) is 15.5. The van der Waals surface area contributed by atoms with Crippen LogP contribution in [0, 0.1) is 5.92 Å². The summed E-state index contributed by atoms with van der Waals surface area (Å²) in [4.78, 5) is 29.3. The van der Waals surface area contributed by atoms with Gasteiger partial charge in [0.25, 0.3) is 5.91 Å². The van der Waals surface area contributed by atoms with Crippen LogP contribution in [0.15, 0.2) is 72.8 Å². The van der Waals surface area contributed by atoms with Crippen LogP contribution in [0.1, 0.15) is 53.4 Å². The van der Waals surface area contributed by atoms with Crippen molar-refractivity contribution in [2.45, 2.75) is 39.5 Å². The van der Waals surface area contributed by atoms with Crippen LogP contribution >= 0.6 is 11.6 Å². The third-order valence-corrected chi connectivity index (χ3v) is 6.20.